The number of hydrogen-bond donors (Lipinski definition) is 1. The molecule has 0 aliphatic carbocycles. The van der Waals surface area contributed by atoms with Crippen LogP contribution >= 0.6 is 39.3 Å². The van der Waals surface area contributed by atoms with Crippen LogP contribution in [0.4, 0.5) is 18.9 Å². The topological polar surface area (TPSA) is 46.9 Å². The molecular formula is C18H12BrClF3N3OS. The third kappa shape index (κ3) is 4.53. The molecule has 0 saturated carbocycles. The minimum atomic E-state index is -4.67. The van der Waals surface area contributed by atoms with Crippen LogP contribution in [0.5, 0.6) is 0 Å². The fourth-order valence-corrected chi connectivity index (χ4v) is 4.16. The van der Waals surface area contributed by atoms with Crippen molar-refractivity contribution in [2.75, 3.05) is 5.32 Å². The lowest BCUT2D eigenvalue weighted by Gasteiger charge is -2.11. The van der Waals surface area contributed by atoms with Crippen molar-refractivity contribution >= 4 is 50.9 Å². The molecule has 1 aromatic heterocycles. The van der Waals surface area contributed by atoms with Gasteiger partial charge in [0.15, 0.2) is 5.69 Å². The molecule has 0 radical (unpaired) electrons. The van der Waals surface area contributed by atoms with Crippen LogP contribution in [0.25, 0.3) is 0 Å². The third-order valence-corrected chi connectivity index (χ3v) is 5.74. The van der Waals surface area contributed by atoms with Crippen molar-refractivity contribution in [2.45, 2.75) is 16.0 Å². The SMILES string of the molecule is Cn1nc(C(F)(F)F)c(Br)c1C(=O)Nc1ccccc1Sc1ccc(Cl)cc1. The molecular weight excluding hydrogens is 479 g/mol. The first-order valence-corrected chi connectivity index (χ1v) is 9.79. The van der Waals surface area contributed by atoms with Crippen LogP contribution in [-0.4, -0.2) is 15.7 Å². The van der Waals surface area contributed by atoms with Crippen molar-refractivity contribution in [1.29, 1.82) is 0 Å². The minimum absolute atomic E-state index is 0.223. The van der Waals surface area contributed by atoms with Crippen molar-refractivity contribution in [3.63, 3.8) is 0 Å². The number of carbonyl (C=O) groups is 1. The quantitative estimate of drug-likeness (QED) is 0.470. The average Bonchev–Trinajstić information content (AvgIpc) is 2.93. The van der Waals surface area contributed by atoms with Crippen molar-refractivity contribution in [3.8, 4) is 0 Å². The Balaban J connectivity index is 1.88. The summed E-state index contributed by atoms with van der Waals surface area (Å²) in [5.41, 5.74) is -0.906. The number of anilines is 1. The Morgan fingerprint density at radius 3 is 2.43 bits per heavy atom. The zero-order chi connectivity index (χ0) is 20.5. The second-order valence-electron chi connectivity index (χ2n) is 5.64. The van der Waals surface area contributed by atoms with E-state index >= 15 is 0 Å². The van der Waals surface area contributed by atoms with Gasteiger partial charge < -0.3 is 5.32 Å². The fourth-order valence-electron chi connectivity index (χ4n) is 2.40. The number of nitrogens with zero attached hydrogens (tertiary/aromatic N) is 2. The van der Waals surface area contributed by atoms with E-state index in [2.05, 4.69) is 26.3 Å². The van der Waals surface area contributed by atoms with E-state index in [-0.39, 0.29) is 5.69 Å². The average molecular weight is 491 g/mol. The van der Waals surface area contributed by atoms with Gasteiger partial charge in [-0.3, -0.25) is 9.48 Å². The monoisotopic (exact) mass is 489 g/mol. The van der Waals surface area contributed by atoms with E-state index in [1.54, 1.807) is 36.4 Å². The normalized spacial score (nSPS) is 11.5. The van der Waals surface area contributed by atoms with E-state index in [1.807, 2.05) is 12.1 Å². The number of para-hydroxylation sites is 1. The molecule has 0 unspecified atom stereocenters. The van der Waals surface area contributed by atoms with Gasteiger partial charge in [0.25, 0.3) is 5.91 Å². The maximum Gasteiger partial charge on any atom is 0.436 e. The van der Waals surface area contributed by atoms with Gasteiger partial charge in [-0.25, -0.2) is 0 Å². The summed E-state index contributed by atoms with van der Waals surface area (Å²) in [4.78, 5) is 14.3. The second kappa shape index (κ2) is 8.18. The summed E-state index contributed by atoms with van der Waals surface area (Å²) in [7, 11) is 1.28. The number of carbonyl (C=O) groups excluding carboxylic acids is 1. The molecule has 3 aromatic rings. The van der Waals surface area contributed by atoms with Gasteiger partial charge in [-0.05, 0) is 52.3 Å². The van der Waals surface area contributed by atoms with Gasteiger partial charge in [0.2, 0.25) is 0 Å². The number of amides is 1. The van der Waals surface area contributed by atoms with Crippen LogP contribution in [0.1, 0.15) is 16.2 Å². The summed E-state index contributed by atoms with van der Waals surface area (Å²) in [5, 5.41) is 6.67. The fraction of sp³-hybridized carbons (Fsp3) is 0.111. The van der Waals surface area contributed by atoms with Crippen molar-refractivity contribution in [1.82, 2.24) is 9.78 Å². The molecule has 3 rings (SSSR count). The standard InChI is InChI=1S/C18H12BrClF3N3OS/c1-26-15(14(19)16(25-26)18(21,22)23)17(27)24-12-4-2-3-5-13(12)28-11-8-6-10(20)7-9-11/h2-9H,1H3,(H,24,27). The largest absolute Gasteiger partial charge is 0.436 e. The summed E-state index contributed by atoms with van der Waals surface area (Å²) in [6, 6.07) is 14.2. The smallest absolute Gasteiger partial charge is 0.320 e. The van der Waals surface area contributed by atoms with Gasteiger partial charge in [0, 0.05) is 21.9 Å². The van der Waals surface area contributed by atoms with Crippen LogP contribution in [0.3, 0.4) is 0 Å². The Morgan fingerprint density at radius 2 is 1.82 bits per heavy atom. The predicted octanol–water partition coefficient (Wildman–Crippen LogP) is 6.26. The van der Waals surface area contributed by atoms with Crippen LogP contribution in [-0.2, 0) is 13.2 Å². The van der Waals surface area contributed by atoms with Crippen molar-refractivity contribution in [2.24, 2.45) is 7.05 Å². The number of rotatable bonds is 4. The van der Waals surface area contributed by atoms with E-state index < -0.39 is 22.3 Å². The van der Waals surface area contributed by atoms with Gasteiger partial charge in [0.05, 0.1) is 10.2 Å². The Morgan fingerprint density at radius 1 is 1.18 bits per heavy atom. The first-order chi connectivity index (χ1) is 13.2. The Kier molecular flexibility index (Phi) is 6.07. The number of hydrogen-bond acceptors (Lipinski definition) is 3. The Bertz CT molecular complexity index is 1020. The zero-order valence-electron chi connectivity index (χ0n) is 14.2. The highest BCUT2D eigenvalue weighted by Gasteiger charge is 2.39. The first-order valence-electron chi connectivity index (χ1n) is 7.80. The predicted molar refractivity (Wildman–Crippen MR) is 106 cm³/mol. The molecule has 2 aromatic carbocycles. The lowest BCUT2D eigenvalue weighted by atomic mass is 10.3. The van der Waals surface area contributed by atoms with E-state index in [1.165, 1.54) is 18.8 Å². The lowest BCUT2D eigenvalue weighted by Crippen LogP contribution is -2.17. The Hall–Kier alpha value is -1.97. The van der Waals surface area contributed by atoms with E-state index in [0.29, 0.717) is 10.7 Å². The van der Waals surface area contributed by atoms with E-state index in [9.17, 15) is 18.0 Å². The molecule has 4 nitrogen and oxygen atoms in total. The maximum atomic E-state index is 13.0. The number of nitrogens with one attached hydrogen (secondary N) is 1. The van der Waals surface area contributed by atoms with Crippen LogP contribution < -0.4 is 5.32 Å². The van der Waals surface area contributed by atoms with Gasteiger partial charge in [-0.1, -0.05) is 35.5 Å². The molecule has 0 aliphatic heterocycles. The van der Waals surface area contributed by atoms with E-state index in [4.69, 9.17) is 11.6 Å². The summed E-state index contributed by atoms with van der Waals surface area (Å²) in [6.45, 7) is 0. The highest BCUT2D eigenvalue weighted by atomic mass is 79.9. The summed E-state index contributed by atoms with van der Waals surface area (Å²) in [5.74, 6) is -0.707. The number of aryl methyl sites for hydroxylation is 1. The van der Waals surface area contributed by atoms with Gasteiger partial charge >= 0.3 is 6.18 Å². The molecule has 0 fully saturated rings. The minimum Gasteiger partial charge on any atom is -0.320 e. The molecule has 0 spiro atoms. The number of benzene rings is 2. The van der Waals surface area contributed by atoms with Crippen molar-refractivity contribution in [3.05, 3.63) is 69.4 Å². The molecule has 0 saturated heterocycles. The summed E-state index contributed by atoms with van der Waals surface area (Å²) in [6.07, 6.45) is -4.67. The lowest BCUT2D eigenvalue weighted by molar-refractivity contribution is -0.142. The highest BCUT2D eigenvalue weighted by molar-refractivity contribution is 9.10. The van der Waals surface area contributed by atoms with E-state index in [0.717, 1.165) is 14.5 Å². The van der Waals surface area contributed by atoms with Gasteiger partial charge in [-0.15, -0.1) is 0 Å². The van der Waals surface area contributed by atoms with Gasteiger partial charge in [-0.2, -0.15) is 18.3 Å². The number of aromatic nitrogens is 2. The summed E-state index contributed by atoms with van der Waals surface area (Å²) >= 11 is 10.1. The van der Waals surface area contributed by atoms with Crippen LogP contribution in [0.2, 0.25) is 5.02 Å². The Labute approximate surface area is 176 Å². The molecule has 1 heterocycles. The molecule has 0 atom stereocenters. The third-order valence-electron chi connectivity index (χ3n) is 3.65. The molecule has 146 valence electrons. The molecule has 0 bridgehead atoms. The second-order valence-corrected chi connectivity index (χ2v) is 7.98. The highest BCUT2D eigenvalue weighted by Crippen LogP contribution is 2.37. The van der Waals surface area contributed by atoms with Gasteiger partial charge in [0.1, 0.15) is 5.69 Å². The summed E-state index contributed by atoms with van der Waals surface area (Å²) < 4.78 is 39.6. The molecule has 1 N–H and O–H groups in total. The molecule has 1 amide bonds. The zero-order valence-corrected chi connectivity index (χ0v) is 17.4. The first kappa shape index (κ1) is 20.8. The number of halogens is 5. The number of alkyl halides is 3. The maximum absolute atomic E-state index is 13.0. The van der Waals surface area contributed by atoms with Crippen LogP contribution in [0, 0.1) is 0 Å². The molecule has 0 aliphatic rings. The van der Waals surface area contributed by atoms with Crippen molar-refractivity contribution < 1.29 is 18.0 Å². The van der Waals surface area contributed by atoms with Crippen LogP contribution in [0.15, 0.2) is 62.8 Å². The molecule has 28 heavy (non-hydrogen) atoms. The molecule has 10 heteroatoms.